The minimum atomic E-state index is -0.530. The van der Waals surface area contributed by atoms with E-state index in [0.717, 1.165) is 35.5 Å². The highest BCUT2D eigenvalue weighted by atomic mass is 35.5. The predicted octanol–water partition coefficient (Wildman–Crippen LogP) is 4.99. The molecular weight excluding hydrogens is 426 g/mol. The zero-order valence-corrected chi connectivity index (χ0v) is 19.3. The first kappa shape index (κ1) is 22.8. The smallest absolute Gasteiger partial charge is 0.227 e. The van der Waals surface area contributed by atoms with Gasteiger partial charge in [-0.3, -0.25) is 4.90 Å². The summed E-state index contributed by atoms with van der Waals surface area (Å²) >= 11 is 6.26. The summed E-state index contributed by atoms with van der Waals surface area (Å²) in [6.45, 7) is 6.07. The summed E-state index contributed by atoms with van der Waals surface area (Å²) in [5.41, 5.74) is 2.73. The molecule has 0 saturated heterocycles. The van der Waals surface area contributed by atoms with E-state index < -0.39 is 6.10 Å². The van der Waals surface area contributed by atoms with E-state index >= 15 is 0 Å². The molecule has 1 heterocycles. The maximum Gasteiger partial charge on any atom is 0.227 e. The summed E-state index contributed by atoms with van der Waals surface area (Å²) < 4.78 is 13.6. The lowest BCUT2D eigenvalue weighted by molar-refractivity contribution is 0.0177. The number of halogens is 1. The van der Waals surface area contributed by atoms with Crippen molar-refractivity contribution in [3.05, 3.63) is 70.9 Å². The number of aryl methyl sites for hydroxylation is 1. The topological polar surface area (TPSA) is 59.8 Å². The van der Waals surface area contributed by atoms with Gasteiger partial charge in [0.15, 0.2) is 0 Å². The second kappa shape index (κ2) is 10.5. The Bertz CT molecular complexity index is 1020. The lowest BCUT2D eigenvalue weighted by Gasteiger charge is -2.25. The van der Waals surface area contributed by atoms with Gasteiger partial charge >= 0.3 is 0 Å². The Morgan fingerprint density at radius 1 is 1.19 bits per heavy atom. The van der Waals surface area contributed by atoms with Gasteiger partial charge in [0.1, 0.15) is 5.75 Å². The van der Waals surface area contributed by atoms with Crippen molar-refractivity contribution in [3.63, 3.8) is 0 Å². The largest absolute Gasteiger partial charge is 0.439 e. The highest BCUT2D eigenvalue weighted by molar-refractivity contribution is 6.30. The summed E-state index contributed by atoms with van der Waals surface area (Å²) in [6.07, 6.45) is 1.74. The van der Waals surface area contributed by atoms with E-state index in [9.17, 15) is 5.11 Å². The van der Waals surface area contributed by atoms with Gasteiger partial charge in [-0.2, -0.15) is 5.10 Å². The fourth-order valence-corrected chi connectivity index (χ4v) is 3.96. The molecule has 1 fully saturated rings. The molecule has 4 rings (SSSR count). The number of aliphatic hydroxyl groups is 1. The molecular formula is C25H30ClN3O3. The molecule has 0 bridgehead atoms. The van der Waals surface area contributed by atoms with Crippen LogP contribution in [0.1, 0.15) is 31.0 Å². The molecule has 1 aromatic heterocycles. The molecule has 170 valence electrons. The molecule has 1 aliphatic rings. The Kier molecular flexibility index (Phi) is 7.48. The van der Waals surface area contributed by atoms with Crippen LogP contribution in [0.2, 0.25) is 5.02 Å². The fourth-order valence-electron chi connectivity index (χ4n) is 3.77. The number of ether oxygens (including phenoxy) is 2. The minimum Gasteiger partial charge on any atom is -0.439 e. The SMILES string of the molecule is CCOC[C@@H](O)CN(Cc1c(C)nn(-c2cccc(Cl)c2)c1Oc1ccccc1)C1CC1. The molecule has 6 nitrogen and oxygen atoms in total. The van der Waals surface area contributed by atoms with E-state index in [1.165, 1.54) is 0 Å². The van der Waals surface area contributed by atoms with Crippen LogP contribution in [0.15, 0.2) is 54.6 Å². The summed E-state index contributed by atoms with van der Waals surface area (Å²) in [5, 5.41) is 15.9. The molecule has 7 heteroatoms. The predicted molar refractivity (Wildman–Crippen MR) is 126 cm³/mol. The third-order valence-corrected chi connectivity index (χ3v) is 5.77. The highest BCUT2D eigenvalue weighted by Crippen LogP contribution is 2.35. The first-order valence-electron chi connectivity index (χ1n) is 11.1. The molecule has 32 heavy (non-hydrogen) atoms. The van der Waals surface area contributed by atoms with Crippen molar-refractivity contribution in [2.45, 2.75) is 45.4 Å². The first-order valence-corrected chi connectivity index (χ1v) is 11.5. The van der Waals surface area contributed by atoms with E-state index in [1.54, 1.807) is 0 Å². The van der Waals surface area contributed by atoms with Crippen molar-refractivity contribution in [3.8, 4) is 17.3 Å². The third-order valence-electron chi connectivity index (χ3n) is 5.53. The molecule has 0 unspecified atom stereocenters. The molecule has 1 N–H and O–H groups in total. The van der Waals surface area contributed by atoms with Crippen LogP contribution in [0.5, 0.6) is 11.6 Å². The Morgan fingerprint density at radius 3 is 2.66 bits per heavy atom. The number of para-hydroxylation sites is 1. The van der Waals surface area contributed by atoms with E-state index in [2.05, 4.69) is 4.90 Å². The van der Waals surface area contributed by atoms with Crippen LogP contribution < -0.4 is 4.74 Å². The number of hydrogen-bond acceptors (Lipinski definition) is 5. The van der Waals surface area contributed by atoms with Gasteiger partial charge in [-0.15, -0.1) is 0 Å². The van der Waals surface area contributed by atoms with Gasteiger partial charge in [-0.25, -0.2) is 4.68 Å². The molecule has 0 amide bonds. The van der Waals surface area contributed by atoms with Gasteiger partial charge in [0, 0.05) is 30.8 Å². The zero-order valence-electron chi connectivity index (χ0n) is 18.6. The summed E-state index contributed by atoms with van der Waals surface area (Å²) in [4.78, 5) is 2.31. The van der Waals surface area contributed by atoms with Crippen LogP contribution in [-0.4, -0.2) is 51.7 Å². The van der Waals surface area contributed by atoms with Gasteiger partial charge in [0.25, 0.3) is 0 Å². The van der Waals surface area contributed by atoms with Gasteiger partial charge in [0.2, 0.25) is 5.88 Å². The Hall–Kier alpha value is -2.38. The van der Waals surface area contributed by atoms with Crippen molar-refractivity contribution in [2.75, 3.05) is 19.8 Å². The lowest BCUT2D eigenvalue weighted by Crippen LogP contribution is -2.36. The van der Waals surface area contributed by atoms with Gasteiger partial charge in [-0.05, 0) is 57.0 Å². The number of hydrogen-bond donors (Lipinski definition) is 1. The van der Waals surface area contributed by atoms with Crippen LogP contribution >= 0.6 is 11.6 Å². The molecule has 0 spiro atoms. The summed E-state index contributed by atoms with van der Waals surface area (Å²) in [7, 11) is 0. The molecule has 1 saturated carbocycles. The monoisotopic (exact) mass is 455 g/mol. The molecule has 1 atom stereocenters. The van der Waals surface area contributed by atoms with Crippen LogP contribution in [-0.2, 0) is 11.3 Å². The highest BCUT2D eigenvalue weighted by Gasteiger charge is 2.32. The van der Waals surface area contributed by atoms with Crippen molar-refractivity contribution >= 4 is 11.6 Å². The Balaban J connectivity index is 1.67. The van der Waals surface area contributed by atoms with Crippen molar-refractivity contribution < 1.29 is 14.6 Å². The Morgan fingerprint density at radius 2 is 1.97 bits per heavy atom. The number of benzene rings is 2. The second-order valence-corrected chi connectivity index (χ2v) is 8.59. The normalized spacial score (nSPS) is 14.7. The average Bonchev–Trinajstić information content (AvgIpc) is 3.59. The van der Waals surface area contributed by atoms with E-state index in [0.29, 0.717) is 43.2 Å². The second-order valence-electron chi connectivity index (χ2n) is 8.15. The van der Waals surface area contributed by atoms with Crippen molar-refractivity contribution in [1.82, 2.24) is 14.7 Å². The molecule has 0 radical (unpaired) electrons. The number of aliphatic hydroxyl groups excluding tert-OH is 1. The summed E-state index contributed by atoms with van der Waals surface area (Å²) in [5.74, 6) is 1.41. The first-order chi connectivity index (χ1) is 15.5. The van der Waals surface area contributed by atoms with Gasteiger partial charge in [-0.1, -0.05) is 35.9 Å². The lowest BCUT2D eigenvalue weighted by atomic mass is 10.2. The van der Waals surface area contributed by atoms with E-state index in [4.69, 9.17) is 26.2 Å². The van der Waals surface area contributed by atoms with Crippen LogP contribution in [0.4, 0.5) is 0 Å². The Labute approximate surface area is 194 Å². The molecule has 3 aromatic rings. The zero-order chi connectivity index (χ0) is 22.5. The maximum atomic E-state index is 10.5. The number of rotatable bonds is 11. The average molecular weight is 456 g/mol. The van der Waals surface area contributed by atoms with Crippen molar-refractivity contribution in [1.29, 1.82) is 0 Å². The van der Waals surface area contributed by atoms with Crippen LogP contribution in [0.3, 0.4) is 0 Å². The van der Waals surface area contributed by atoms with Crippen molar-refractivity contribution in [2.24, 2.45) is 0 Å². The van der Waals surface area contributed by atoms with Gasteiger partial charge < -0.3 is 14.6 Å². The van der Waals surface area contributed by atoms with E-state index in [1.807, 2.05) is 73.1 Å². The fraction of sp³-hybridized carbons (Fsp3) is 0.400. The van der Waals surface area contributed by atoms with Crippen LogP contribution in [0, 0.1) is 6.92 Å². The maximum absolute atomic E-state index is 10.5. The minimum absolute atomic E-state index is 0.341. The standard InChI is InChI=1S/C25H30ClN3O3/c1-3-31-17-22(30)15-28(20-12-13-20)16-24-18(2)27-29(21-9-7-8-19(26)14-21)25(24)32-23-10-5-4-6-11-23/h4-11,14,20,22,30H,3,12-13,15-17H2,1-2H3/t22-/m0/s1. The van der Waals surface area contributed by atoms with Crippen LogP contribution in [0.25, 0.3) is 5.69 Å². The van der Waals surface area contributed by atoms with E-state index in [-0.39, 0.29) is 0 Å². The molecule has 0 aliphatic heterocycles. The van der Waals surface area contributed by atoms with Gasteiger partial charge in [0.05, 0.1) is 29.7 Å². The summed E-state index contributed by atoms with van der Waals surface area (Å²) in [6, 6.07) is 17.8. The number of aromatic nitrogens is 2. The molecule has 2 aromatic carbocycles. The third kappa shape index (κ3) is 5.70. The number of nitrogens with zero attached hydrogens (tertiary/aromatic N) is 3. The quantitative estimate of drug-likeness (QED) is 0.441. The molecule has 1 aliphatic carbocycles.